The van der Waals surface area contributed by atoms with Gasteiger partial charge in [-0.25, -0.2) is 0 Å². The third kappa shape index (κ3) is 4.12. The van der Waals surface area contributed by atoms with Crippen LogP contribution < -0.4 is 26.2 Å². The molecule has 0 radical (unpaired) electrons. The van der Waals surface area contributed by atoms with Gasteiger partial charge in [0, 0.05) is 56.1 Å². The third-order valence-electron chi connectivity index (χ3n) is 15.2. The van der Waals surface area contributed by atoms with Crippen molar-refractivity contribution in [1.82, 2.24) is 0 Å². The van der Waals surface area contributed by atoms with E-state index >= 15 is 0 Å². The second kappa shape index (κ2) is 11.9. The zero-order chi connectivity index (χ0) is 37.3. The van der Waals surface area contributed by atoms with Crippen molar-refractivity contribution >= 4 is 57.2 Å². The van der Waals surface area contributed by atoms with Gasteiger partial charge in [-0.2, -0.15) is 0 Å². The van der Waals surface area contributed by atoms with Crippen LogP contribution in [0.4, 0.5) is 34.1 Å². The highest BCUT2D eigenvalue weighted by atomic mass is 15.2. The van der Waals surface area contributed by atoms with Crippen molar-refractivity contribution in [3.63, 3.8) is 0 Å². The first-order chi connectivity index (χ1) is 28.3. The van der Waals surface area contributed by atoms with E-state index < -0.39 is 0 Å². The highest BCUT2D eigenvalue weighted by molar-refractivity contribution is 7.00. The van der Waals surface area contributed by atoms with Gasteiger partial charge >= 0.3 is 0 Å². The summed E-state index contributed by atoms with van der Waals surface area (Å²) in [6.07, 6.45) is 12.8. The molecular weight excluding hydrogens is 687 g/mol. The Hall–Kier alpha value is -5.80. The van der Waals surface area contributed by atoms with Crippen LogP contribution >= 0.6 is 0 Å². The summed E-state index contributed by atoms with van der Waals surface area (Å²) in [5.74, 6) is 0. The molecule has 2 heterocycles. The summed E-state index contributed by atoms with van der Waals surface area (Å²) in [4.78, 5) is 5.30. The number of hydrogen-bond donors (Lipinski definition) is 0. The molecule has 6 aliphatic rings. The van der Waals surface area contributed by atoms with Gasteiger partial charge in [-0.1, -0.05) is 154 Å². The van der Waals surface area contributed by atoms with Gasteiger partial charge in [0.25, 0.3) is 6.71 Å². The Morgan fingerprint density at radius 2 is 0.789 bits per heavy atom. The summed E-state index contributed by atoms with van der Waals surface area (Å²) in [7, 11) is 0. The Bertz CT molecular complexity index is 2590. The lowest BCUT2D eigenvalue weighted by Crippen LogP contribution is -2.61. The lowest BCUT2D eigenvalue weighted by Gasteiger charge is -2.46. The normalized spacial score (nSPS) is 18.4. The number of hydrogen-bond acceptors (Lipinski definition) is 2. The largest absolute Gasteiger partial charge is 0.311 e. The van der Waals surface area contributed by atoms with E-state index in [0.717, 1.165) is 0 Å². The zero-order valence-electron chi connectivity index (χ0n) is 32.5. The van der Waals surface area contributed by atoms with E-state index in [4.69, 9.17) is 0 Å². The van der Waals surface area contributed by atoms with Crippen molar-refractivity contribution in [2.24, 2.45) is 0 Å². The van der Waals surface area contributed by atoms with Gasteiger partial charge in [0.2, 0.25) is 0 Å². The molecule has 0 N–H and O–H groups in total. The lowest BCUT2D eigenvalue weighted by molar-refractivity contribution is 0.353. The monoisotopic (exact) mass is 732 g/mol. The molecule has 0 saturated heterocycles. The smallest absolute Gasteiger partial charge is 0.252 e. The molecule has 0 atom stereocenters. The first-order valence-electron chi connectivity index (χ1n) is 21.7. The molecule has 0 unspecified atom stereocenters. The van der Waals surface area contributed by atoms with E-state index in [1.165, 1.54) is 137 Å². The molecule has 0 aromatic heterocycles. The van der Waals surface area contributed by atoms with E-state index in [-0.39, 0.29) is 17.5 Å². The Balaban J connectivity index is 1.16. The molecule has 4 aliphatic carbocycles. The van der Waals surface area contributed by atoms with Crippen LogP contribution in [-0.2, 0) is 10.8 Å². The molecule has 57 heavy (non-hydrogen) atoms. The molecule has 2 saturated carbocycles. The summed E-state index contributed by atoms with van der Waals surface area (Å²) < 4.78 is 0. The summed E-state index contributed by atoms with van der Waals surface area (Å²) in [6.45, 7) is 0.0851. The summed E-state index contributed by atoms with van der Waals surface area (Å²) >= 11 is 0. The minimum atomic E-state index is 0.0805. The van der Waals surface area contributed by atoms with Crippen molar-refractivity contribution in [3.8, 4) is 22.3 Å². The predicted octanol–water partition coefficient (Wildman–Crippen LogP) is 12.2. The molecular formula is C54H45BN2. The minimum absolute atomic E-state index is 0.0805. The van der Waals surface area contributed by atoms with E-state index in [9.17, 15) is 0 Å². The van der Waals surface area contributed by atoms with Gasteiger partial charge in [-0.15, -0.1) is 0 Å². The van der Waals surface area contributed by atoms with Crippen LogP contribution in [0.1, 0.15) is 86.5 Å². The average molecular weight is 733 g/mol. The van der Waals surface area contributed by atoms with Crippen molar-refractivity contribution in [3.05, 3.63) is 174 Å². The molecule has 2 spiro atoms. The highest BCUT2D eigenvalue weighted by Gasteiger charge is 2.52. The fourth-order valence-corrected chi connectivity index (χ4v) is 13.1. The Morgan fingerprint density at radius 1 is 0.368 bits per heavy atom. The van der Waals surface area contributed by atoms with Gasteiger partial charge in [0.15, 0.2) is 0 Å². The van der Waals surface area contributed by atoms with E-state index in [1.54, 1.807) is 22.3 Å². The SMILES string of the molecule is c1ccc(N2c3cccc4c3B(c3ccc5c(c32)-c2ccccc2C52CCCCC2)c2ccc3c(c2N4c2ccccc2)-c2ccccc2C32CCCCC2)cc1. The molecule has 2 nitrogen and oxygen atoms in total. The number of nitrogens with zero attached hydrogens (tertiary/aromatic N) is 2. The molecule has 0 bridgehead atoms. The Kier molecular flexibility index (Phi) is 6.73. The molecule has 274 valence electrons. The molecule has 13 rings (SSSR count). The fraction of sp³-hybridized carbons (Fsp3) is 0.222. The number of benzene rings is 7. The summed E-state index contributed by atoms with van der Waals surface area (Å²) in [5.41, 5.74) is 24.2. The van der Waals surface area contributed by atoms with Gasteiger partial charge in [0.05, 0.1) is 0 Å². The number of anilines is 6. The van der Waals surface area contributed by atoms with Crippen LogP contribution in [0.15, 0.2) is 152 Å². The van der Waals surface area contributed by atoms with E-state index in [1.807, 2.05) is 0 Å². The molecule has 7 aromatic rings. The second-order valence-corrected chi connectivity index (χ2v) is 17.7. The fourth-order valence-electron chi connectivity index (χ4n) is 13.1. The van der Waals surface area contributed by atoms with E-state index in [2.05, 4.69) is 161 Å². The lowest BCUT2D eigenvalue weighted by atomic mass is 9.33. The molecule has 2 fully saturated rings. The Morgan fingerprint density at radius 3 is 1.25 bits per heavy atom. The molecule has 0 amide bonds. The minimum Gasteiger partial charge on any atom is -0.311 e. The van der Waals surface area contributed by atoms with Crippen LogP contribution in [0, 0.1) is 0 Å². The van der Waals surface area contributed by atoms with Crippen molar-refractivity contribution < 1.29 is 0 Å². The first kappa shape index (κ1) is 32.3. The number of rotatable bonds is 2. The van der Waals surface area contributed by atoms with Crippen molar-refractivity contribution in [1.29, 1.82) is 0 Å². The predicted molar refractivity (Wildman–Crippen MR) is 239 cm³/mol. The van der Waals surface area contributed by atoms with Crippen molar-refractivity contribution in [2.75, 3.05) is 9.80 Å². The van der Waals surface area contributed by atoms with Gasteiger partial charge in [0.1, 0.15) is 0 Å². The van der Waals surface area contributed by atoms with Crippen LogP contribution in [-0.4, -0.2) is 6.71 Å². The molecule has 3 heteroatoms. The van der Waals surface area contributed by atoms with Gasteiger partial charge in [-0.05, 0) is 112 Å². The first-order valence-corrected chi connectivity index (χ1v) is 21.7. The van der Waals surface area contributed by atoms with Crippen LogP contribution in [0.5, 0.6) is 0 Å². The maximum absolute atomic E-state index is 2.65. The standard InChI is InChI=1S/C54H45BN2/c1-5-18-36(19-6-1)56-46-26-17-27-47-50(46)55(44-30-28-42-48(51(44)56)38-22-9-11-24-40(38)53(42)32-13-3-14-33-53)45-31-29-43-49(52(45)57(47)37-20-7-2-8-21-37)39-23-10-12-25-41(39)54(43)34-15-4-16-35-54/h1-2,5-12,17-31H,3-4,13-16,32-35H2. The van der Waals surface area contributed by atoms with Crippen molar-refractivity contribution in [2.45, 2.75) is 75.0 Å². The van der Waals surface area contributed by atoms with Crippen LogP contribution in [0.3, 0.4) is 0 Å². The highest BCUT2D eigenvalue weighted by Crippen LogP contribution is 2.62. The van der Waals surface area contributed by atoms with Gasteiger partial charge in [-0.3, -0.25) is 0 Å². The van der Waals surface area contributed by atoms with E-state index in [0.29, 0.717) is 0 Å². The number of para-hydroxylation sites is 2. The molecule has 2 aliphatic heterocycles. The maximum Gasteiger partial charge on any atom is 0.252 e. The summed E-state index contributed by atoms with van der Waals surface area (Å²) in [5, 5.41) is 0. The second-order valence-electron chi connectivity index (χ2n) is 17.7. The molecule has 7 aromatic carbocycles. The topological polar surface area (TPSA) is 6.48 Å². The number of fused-ring (bicyclic) bond motifs is 16. The quantitative estimate of drug-likeness (QED) is 0.163. The maximum atomic E-state index is 2.65. The summed E-state index contributed by atoms with van der Waals surface area (Å²) in [6, 6.07) is 58.8. The third-order valence-corrected chi connectivity index (χ3v) is 15.2. The van der Waals surface area contributed by atoms with Crippen LogP contribution in [0.25, 0.3) is 22.3 Å². The van der Waals surface area contributed by atoms with Crippen LogP contribution in [0.2, 0.25) is 0 Å². The Labute approximate surface area is 336 Å². The van der Waals surface area contributed by atoms with Gasteiger partial charge < -0.3 is 9.80 Å². The zero-order valence-corrected chi connectivity index (χ0v) is 32.5. The average Bonchev–Trinajstić information content (AvgIpc) is 3.70.